The molecule has 3 atom stereocenters. The van der Waals surface area contributed by atoms with Crippen LogP contribution in [0.3, 0.4) is 0 Å². The van der Waals surface area contributed by atoms with E-state index in [0.717, 1.165) is 60.4 Å². The van der Waals surface area contributed by atoms with Gasteiger partial charge in [-0.15, -0.1) is 0 Å². The highest BCUT2D eigenvalue weighted by atomic mass is 16.5. The Balaban J connectivity index is 1.55. The average molecular weight is 431 g/mol. The lowest BCUT2D eigenvalue weighted by Gasteiger charge is -2.44. The van der Waals surface area contributed by atoms with Gasteiger partial charge in [-0.2, -0.15) is 0 Å². The normalized spacial score (nSPS) is 23.9. The maximum Gasteiger partial charge on any atom is 0.293 e. The predicted octanol–water partition coefficient (Wildman–Crippen LogP) is 3.09. The predicted molar refractivity (Wildman–Crippen MR) is 120 cm³/mol. The molecule has 1 aliphatic carbocycles. The van der Waals surface area contributed by atoms with Crippen LogP contribution in [0, 0.1) is 0 Å². The van der Waals surface area contributed by atoms with E-state index in [2.05, 4.69) is 17.0 Å². The fourth-order valence-electron chi connectivity index (χ4n) is 5.79. The first kappa shape index (κ1) is 20.8. The number of fused-ring (bicyclic) bond motifs is 3. The summed E-state index contributed by atoms with van der Waals surface area (Å²) >= 11 is 0. The van der Waals surface area contributed by atoms with Gasteiger partial charge in [0.05, 0.1) is 26.6 Å². The van der Waals surface area contributed by atoms with Gasteiger partial charge in [0.1, 0.15) is 11.9 Å². The molecule has 0 spiro atoms. The molecule has 6 nitrogen and oxygen atoms in total. The molecule has 0 saturated carbocycles. The number of aliphatic hydroxyl groups is 1. The molecular weight excluding hydrogens is 402 g/mol. The Bertz CT molecular complexity index is 1070. The molecule has 6 heteroatoms. The first-order valence-corrected chi connectivity index (χ1v) is 11.2. The molecule has 2 aliphatic rings. The van der Waals surface area contributed by atoms with Crippen LogP contribution in [-0.2, 0) is 21.6 Å². The molecule has 1 aliphatic heterocycles. The first-order valence-electron chi connectivity index (χ1n) is 11.2. The zero-order valence-electron chi connectivity index (χ0n) is 18.2. The van der Waals surface area contributed by atoms with Crippen molar-refractivity contribution in [1.29, 1.82) is 0 Å². The van der Waals surface area contributed by atoms with E-state index in [4.69, 9.17) is 4.74 Å². The van der Waals surface area contributed by atoms with Gasteiger partial charge in [0.15, 0.2) is 11.7 Å². The SMILES string of the molecule is C[N+]1(CCc2ncccn2)CCCC1C(OC=O)C1(O)c2ccccc2-c2ccccc21. The van der Waals surface area contributed by atoms with Crippen molar-refractivity contribution < 1.29 is 19.1 Å². The number of likely N-dealkylation sites (tertiary alicyclic amines) is 1. The van der Waals surface area contributed by atoms with Crippen LogP contribution in [0.25, 0.3) is 11.1 Å². The fourth-order valence-corrected chi connectivity index (χ4v) is 5.79. The molecule has 5 rings (SSSR count). The van der Waals surface area contributed by atoms with Gasteiger partial charge in [-0.1, -0.05) is 48.5 Å². The average Bonchev–Trinajstić information content (AvgIpc) is 3.34. The molecule has 32 heavy (non-hydrogen) atoms. The molecule has 3 aromatic rings. The van der Waals surface area contributed by atoms with Crippen LogP contribution in [0.1, 0.15) is 29.8 Å². The van der Waals surface area contributed by atoms with E-state index in [0.29, 0.717) is 11.0 Å². The van der Waals surface area contributed by atoms with Crippen LogP contribution >= 0.6 is 0 Å². The Morgan fingerprint density at radius 1 is 1.09 bits per heavy atom. The maximum atomic E-state index is 12.3. The van der Waals surface area contributed by atoms with Crippen molar-refractivity contribution in [1.82, 2.24) is 9.97 Å². The molecular formula is C26H28N3O3+. The van der Waals surface area contributed by atoms with Gasteiger partial charge in [0, 0.05) is 25.2 Å². The number of carbonyl (C=O) groups is 1. The number of ether oxygens (including phenoxy) is 1. The summed E-state index contributed by atoms with van der Waals surface area (Å²) in [7, 11) is 2.19. The number of aromatic nitrogens is 2. The quantitative estimate of drug-likeness (QED) is 0.461. The third-order valence-electron chi connectivity index (χ3n) is 7.36. The van der Waals surface area contributed by atoms with Gasteiger partial charge in [-0.05, 0) is 28.3 Å². The molecule has 164 valence electrons. The van der Waals surface area contributed by atoms with Crippen LogP contribution in [-0.4, -0.2) is 58.3 Å². The molecule has 3 unspecified atom stereocenters. The minimum atomic E-state index is -1.40. The topological polar surface area (TPSA) is 72.3 Å². The van der Waals surface area contributed by atoms with Crippen molar-refractivity contribution in [3.8, 4) is 11.1 Å². The van der Waals surface area contributed by atoms with Gasteiger partial charge < -0.3 is 14.3 Å². The second kappa shape index (κ2) is 8.11. The van der Waals surface area contributed by atoms with Crippen molar-refractivity contribution in [3.63, 3.8) is 0 Å². The number of likely N-dealkylation sites (N-methyl/N-ethyl adjacent to an activating group) is 1. The van der Waals surface area contributed by atoms with Gasteiger partial charge in [0.25, 0.3) is 6.47 Å². The second-order valence-corrected chi connectivity index (χ2v) is 9.06. The first-order chi connectivity index (χ1) is 15.6. The lowest BCUT2D eigenvalue weighted by molar-refractivity contribution is -0.925. The number of hydrogen-bond donors (Lipinski definition) is 1. The highest BCUT2D eigenvalue weighted by Crippen LogP contribution is 2.52. The Labute approximate surface area is 188 Å². The van der Waals surface area contributed by atoms with Crippen LogP contribution in [0.15, 0.2) is 67.0 Å². The van der Waals surface area contributed by atoms with E-state index in [1.807, 2.05) is 54.6 Å². The van der Waals surface area contributed by atoms with Crippen molar-refractivity contribution in [2.45, 2.75) is 37.0 Å². The highest BCUT2D eigenvalue weighted by molar-refractivity contribution is 5.80. The molecule has 1 saturated heterocycles. The molecule has 2 aromatic carbocycles. The summed E-state index contributed by atoms with van der Waals surface area (Å²) in [6.07, 6.45) is 5.43. The summed E-state index contributed by atoms with van der Waals surface area (Å²) < 4.78 is 6.49. The number of benzene rings is 2. The molecule has 1 fully saturated rings. The summed E-state index contributed by atoms with van der Waals surface area (Å²) in [5, 5.41) is 12.3. The minimum absolute atomic E-state index is 0.0480. The van der Waals surface area contributed by atoms with Crippen molar-refractivity contribution in [2.24, 2.45) is 0 Å². The van der Waals surface area contributed by atoms with E-state index in [1.165, 1.54) is 0 Å². The lowest BCUT2D eigenvalue weighted by Crippen LogP contribution is -2.60. The molecule has 0 amide bonds. The number of hydrogen-bond acceptors (Lipinski definition) is 5. The number of quaternary nitrogens is 1. The number of rotatable bonds is 7. The third-order valence-corrected chi connectivity index (χ3v) is 7.36. The maximum absolute atomic E-state index is 12.3. The van der Waals surface area contributed by atoms with Crippen molar-refractivity contribution in [2.75, 3.05) is 20.1 Å². The van der Waals surface area contributed by atoms with E-state index in [1.54, 1.807) is 12.4 Å². The van der Waals surface area contributed by atoms with E-state index in [9.17, 15) is 9.90 Å². The number of nitrogens with zero attached hydrogens (tertiary/aromatic N) is 3. The Morgan fingerprint density at radius 3 is 2.34 bits per heavy atom. The van der Waals surface area contributed by atoms with Crippen molar-refractivity contribution >= 4 is 6.47 Å². The summed E-state index contributed by atoms with van der Waals surface area (Å²) in [5.74, 6) is 0.806. The Morgan fingerprint density at radius 2 is 1.72 bits per heavy atom. The summed E-state index contributed by atoms with van der Waals surface area (Å²) in [6.45, 7) is 2.26. The zero-order valence-corrected chi connectivity index (χ0v) is 18.2. The standard InChI is InChI=1S/C26H28N3O3/c1-29(17-13-24-27-14-7-15-28-24)16-6-12-23(29)25(32-18-30)26(31)21-10-4-2-8-19(21)20-9-3-5-11-22(20)26/h2-5,7-11,14-15,18,23,25,31H,6,12-13,16-17H2,1H3/q+1. The van der Waals surface area contributed by atoms with Gasteiger partial charge >= 0.3 is 0 Å². The van der Waals surface area contributed by atoms with Crippen LogP contribution < -0.4 is 0 Å². The Kier molecular flexibility index (Phi) is 5.27. The highest BCUT2D eigenvalue weighted by Gasteiger charge is 2.57. The largest absolute Gasteiger partial charge is 0.454 e. The van der Waals surface area contributed by atoms with Gasteiger partial charge in [-0.3, -0.25) is 4.79 Å². The van der Waals surface area contributed by atoms with Crippen LogP contribution in [0.2, 0.25) is 0 Å². The molecule has 0 radical (unpaired) electrons. The minimum Gasteiger partial charge on any atom is -0.454 e. The summed E-state index contributed by atoms with van der Waals surface area (Å²) in [6, 6.07) is 17.6. The molecule has 1 aromatic heterocycles. The molecule has 0 bridgehead atoms. The van der Waals surface area contributed by atoms with Crippen LogP contribution in [0.4, 0.5) is 0 Å². The third kappa shape index (κ3) is 3.22. The zero-order chi connectivity index (χ0) is 22.2. The van der Waals surface area contributed by atoms with Gasteiger partial charge in [-0.25, -0.2) is 9.97 Å². The fraction of sp³-hybridized carbons (Fsp3) is 0.346. The number of carbonyl (C=O) groups excluding carboxylic acids is 1. The molecule has 2 heterocycles. The monoisotopic (exact) mass is 430 g/mol. The van der Waals surface area contributed by atoms with Gasteiger partial charge in [0.2, 0.25) is 0 Å². The molecule has 1 N–H and O–H groups in total. The van der Waals surface area contributed by atoms with E-state index >= 15 is 0 Å². The van der Waals surface area contributed by atoms with Crippen LogP contribution in [0.5, 0.6) is 0 Å². The smallest absolute Gasteiger partial charge is 0.293 e. The van der Waals surface area contributed by atoms with E-state index in [-0.39, 0.29) is 6.04 Å². The lowest BCUT2D eigenvalue weighted by atomic mass is 9.81. The van der Waals surface area contributed by atoms with E-state index < -0.39 is 11.7 Å². The second-order valence-electron chi connectivity index (χ2n) is 9.06. The Hall–Kier alpha value is -3.09. The van der Waals surface area contributed by atoms with Crippen molar-refractivity contribution in [3.05, 3.63) is 83.9 Å². The summed E-state index contributed by atoms with van der Waals surface area (Å²) in [4.78, 5) is 20.5. The summed E-state index contributed by atoms with van der Waals surface area (Å²) in [5.41, 5.74) is 2.20.